The smallest absolute Gasteiger partial charge is 0.242 e. The molecule has 2 aromatic heterocycles. The van der Waals surface area contributed by atoms with E-state index in [1.54, 1.807) is 11.1 Å². The van der Waals surface area contributed by atoms with Crippen molar-refractivity contribution in [3.8, 4) is 0 Å². The lowest BCUT2D eigenvalue weighted by atomic mass is 9.93. The van der Waals surface area contributed by atoms with E-state index in [4.69, 9.17) is 11.6 Å². The number of hydrogen-bond donors (Lipinski definition) is 0. The summed E-state index contributed by atoms with van der Waals surface area (Å²) in [5.41, 5.74) is 1.73. The molecule has 0 unspecified atom stereocenters. The van der Waals surface area contributed by atoms with Crippen molar-refractivity contribution in [3.05, 3.63) is 35.1 Å². The average Bonchev–Trinajstić information content (AvgIpc) is 3.06. The van der Waals surface area contributed by atoms with Crippen molar-refractivity contribution < 1.29 is 9.59 Å². The van der Waals surface area contributed by atoms with Crippen molar-refractivity contribution >= 4 is 34.4 Å². The van der Waals surface area contributed by atoms with Gasteiger partial charge in [0.1, 0.15) is 0 Å². The van der Waals surface area contributed by atoms with Gasteiger partial charge in [-0.25, -0.2) is 9.97 Å². The first-order valence-electron chi connectivity index (χ1n) is 9.08. The number of rotatable bonds is 3. The van der Waals surface area contributed by atoms with Gasteiger partial charge in [0.15, 0.2) is 5.65 Å². The van der Waals surface area contributed by atoms with Crippen LogP contribution in [-0.2, 0) is 9.59 Å². The Morgan fingerprint density at radius 2 is 2.04 bits per heavy atom. The molecule has 0 saturated carbocycles. The molecule has 2 aromatic rings. The van der Waals surface area contributed by atoms with E-state index in [2.05, 4.69) is 9.97 Å². The van der Waals surface area contributed by atoms with E-state index in [1.165, 1.54) is 0 Å². The molecule has 6 nitrogen and oxygen atoms in total. The Labute approximate surface area is 157 Å². The van der Waals surface area contributed by atoms with Crippen LogP contribution >= 0.6 is 11.6 Å². The highest BCUT2D eigenvalue weighted by molar-refractivity contribution is 6.31. The lowest BCUT2D eigenvalue weighted by molar-refractivity contribution is -0.139. The first kappa shape index (κ1) is 17.2. The zero-order valence-electron chi connectivity index (χ0n) is 14.5. The van der Waals surface area contributed by atoms with E-state index in [1.807, 2.05) is 23.1 Å². The minimum atomic E-state index is 0.0569. The maximum Gasteiger partial charge on any atom is 0.242 e. The Morgan fingerprint density at radius 1 is 1.23 bits per heavy atom. The second-order valence-corrected chi connectivity index (χ2v) is 7.45. The molecule has 136 valence electrons. The van der Waals surface area contributed by atoms with Gasteiger partial charge in [-0.05, 0) is 37.5 Å². The molecule has 0 radical (unpaired) electrons. The predicted octanol–water partition coefficient (Wildman–Crippen LogP) is 2.61. The van der Waals surface area contributed by atoms with Gasteiger partial charge in [-0.2, -0.15) is 0 Å². The predicted molar refractivity (Wildman–Crippen MR) is 98.9 cm³/mol. The third-order valence-corrected chi connectivity index (χ3v) is 5.50. The number of hydrogen-bond acceptors (Lipinski definition) is 4. The van der Waals surface area contributed by atoms with Crippen LogP contribution in [0.3, 0.4) is 0 Å². The van der Waals surface area contributed by atoms with Gasteiger partial charge in [-0.15, -0.1) is 0 Å². The Kier molecular flexibility index (Phi) is 4.76. The van der Waals surface area contributed by atoms with Crippen LogP contribution < -0.4 is 0 Å². The van der Waals surface area contributed by atoms with Crippen molar-refractivity contribution in [1.29, 1.82) is 0 Å². The van der Waals surface area contributed by atoms with Crippen molar-refractivity contribution in [1.82, 2.24) is 19.8 Å². The average molecular weight is 373 g/mol. The summed E-state index contributed by atoms with van der Waals surface area (Å²) in [4.78, 5) is 36.7. The van der Waals surface area contributed by atoms with E-state index in [0.717, 1.165) is 30.3 Å². The molecule has 2 saturated heterocycles. The molecule has 0 N–H and O–H groups in total. The Morgan fingerprint density at radius 3 is 2.77 bits per heavy atom. The first-order valence-corrected chi connectivity index (χ1v) is 9.46. The van der Waals surface area contributed by atoms with E-state index >= 15 is 0 Å². The standard InChI is InChI=1S/C19H21ClN4O2/c20-15-10-14-3-4-16(22-19(14)21-11-15)13-5-8-23(9-6-13)18(26)12-24-7-1-2-17(24)25/h3-4,10-11,13H,1-2,5-9,12H2. The number of likely N-dealkylation sites (tertiary alicyclic amines) is 2. The van der Waals surface area contributed by atoms with E-state index in [-0.39, 0.29) is 18.4 Å². The van der Waals surface area contributed by atoms with Crippen LogP contribution in [0.25, 0.3) is 11.0 Å². The molecule has 2 aliphatic rings. The van der Waals surface area contributed by atoms with Gasteiger partial charge < -0.3 is 9.80 Å². The molecular weight excluding hydrogens is 352 g/mol. The second-order valence-electron chi connectivity index (χ2n) is 7.01. The van der Waals surface area contributed by atoms with Crippen LogP contribution in [0.5, 0.6) is 0 Å². The zero-order chi connectivity index (χ0) is 18.1. The van der Waals surface area contributed by atoms with Crippen molar-refractivity contribution in [2.24, 2.45) is 0 Å². The highest BCUT2D eigenvalue weighted by Crippen LogP contribution is 2.28. The molecule has 0 aromatic carbocycles. The number of amides is 2. The number of carbonyl (C=O) groups excluding carboxylic acids is 2. The van der Waals surface area contributed by atoms with Gasteiger partial charge in [0.25, 0.3) is 0 Å². The normalized spacial score (nSPS) is 18.7. The topological polar surface area (TPSA) is 66.4 Å². The largest absolute Gasteiger partial charge is 0.341 e. The summed E-state index contributed by atoms with van der Waals surface area (Å²) in [7, 11) is 0. The minimum Gasteiger partial charge on any atom is -0.341 e. The maximum absolute atomic E-state index is 12.4. The van der Waals surface area contributed by atoms with Gasteiger partial charge in [0.05, 0.1) is 11.6 Å². The fourth-order valence-corrected chi connectivity index (χ4v) is 3.95. The van der Waals surface area contributed by atoms with Gasteiger partial charge in [-0.3, -0.25) is 9.59 Å². The Hall–Kier alpha value is -2.21. The van der Waals surface area contributed by atoms with Crippen LogP contribution in [-0.4, -0.2) is 57.8 Å². The van der Waals surface area contributed by atoms with Crippen LogP contribution in [0.4, 0.5) is 0 Å². The van der Waals surface area contributed by atoms with Gasteiger partial charge in [-0.1, -0.05) is 11.6 Å². The van der Waals surface area contributed by atoms with E-state index in [0.29, 0.717) is 42.6 Å². The minimum absolute atomic E-state index is 0.0569. The van der Waals surface area contributed by atoms with Crippen molar-refractivity contribution in [2.45, 2.75) is 31.6 Å². The number of halogens is 1. The number of piperidine rings is 1. The zero-order valence-corrected chi connectivity index (χ0v) is 15.3. The summed E-state index contributed by atoms with van der Waals surface area (Å²) in [6, 6.07) is 5.90. The number of nitrogens with zero attached hydrogens (tertiary/aromatic N) is 4. The highest BCUT2D eigenvalue weighted by Gasteiger charge is 2.28. The van der Waals surface area contributed by atoms with Crippen LogP contribution in [0.15, 0.2) is 24.4 Å². The molecule has 4 heterocycles. The first-order chi connectivity index (χ1) is 12.6. The highest BCUT2D eigenvalue weighted by atomic mass is 35.5. The van der Waals surface area contributed by atoms with Crippen molar-refractivity contribution in [3.63, 3.8) is 0 Å². The van der Waals surface area contributed by atoms with Crippen LogP contribution in [0.1, 0.15) is 37.3 Å². The number of carbonyl (C=O) groups is 2. The maximum atomic E-state index is 12.4. The van der Waals surface area contributed by atoms with E-state index < -0.39 is 0 Å². The number of aromatic nitrogens is 2. The summed E-state index contributed by atoms with van der Waals surface area (Å²) in [5.74, 6) is 0.483. The lowest BCUT2D eigenvalue weighted by Gasteiger charge is -2.32. The summed E-state index contributed by atoms with van der Waals surface area (Å²) in [6.45, 7) is 2.35. The summed E-state index contributed by atoms with van der Waals surface area (Å²) in [5, 5.41) is 1.54. The van der Waals surface area contributed by atoms with Gasteiger partial charge in [0.2, 0.25) is 11.8 Å². The molecule has 0 atom stereocenters. The van der Waals surface area contributed by atoms with Crippen molar-refractivity contribution in [2.75, 3.05) is 26.2 Å². The van der Waals surface area contributed by atoms with Crippen LogP contribution in [0, 0.1) is 0 Å². The fraction of sp³-hybridized carbons (Fsp3) is 0.474. The molecule has 2 amide bonds. The third-order valence-electron chi connectivity index (χ3n) is 5.29. The molecule has 0 spiro atoms. The quantitative estimate of drug-likeness (QED) is 0.830. The molecule has 7 heteroatoms. The monoisotopic (exact) mass is 372 g/mol. The van der Waals surface area contributed by atoms with E-state index in [9.17, 15) is 9.59 Å². The fourth-order valence-electron chi connectivity index (χ4n) is 3.78. The summed E-state index contributed by atoms with van der Waals surface area (Å²) >= 11 is 5.97. The summed E-state index contributed by atoms with van der Waals surface area (Å²) in [6.07, 6.45) is 4.81. The molecule has 4 rings (SSSR count). The molecule has 0 aliphatic carbocycles. The Balaban J connectivity index is 1.38. The number of pyridine rings is 2. The van der Waals surface area contributed by atoms with Crippen LogP contribution in [0.2, 0.25) is 5.02 Å². The van der Waals surface area contributed by atoms with Gasteiger partial charge in [0, 0.05) is 49.2 Å². The molecule has 2 aliphatic heterocycles. The SMILES string of the molecule is O=C(CN1CCCC1=O)N1CCC(c2ccc3cc(Cl)cnc3n2)CC1. The molecule has 26 heavy (non-hydrogen) atoms. The lowest BCUT2D eigenvalue weighted by Crippen LogP contribution is -2.44. The second kappa shape index (κ2) is 7.19. The third kappa shape index (κ3) is 3.51. The summed E-state index contributed by atoms with van der Waals surface area (Å²) < 4.78 is 0. The Bertz CT molecular complexity index is 849. The number of fused-ring (bicyclic) bond motifs is 1. The molecule has 2 fully saturated rings. The molecule has 0 bridgehead atoms. The molecular formula is C19H21ClN4O2. The van der Waals surface area contributed by atoms with Gasteiger partial charge >= 0.3 is 0 Å².